The van der Waals surface area contributed by atoms with Crippen molar-refractivity contribution in [3.63, 3.8) is 0 Å². The van der Waals surface area contributed by atoms with E-state index in [0.29, 0.717) is 31.0 Å². The molecule has 3 rings (SSSR count). The lowest BCUT2D eigenvalue weighted by Gasteiger charge is -2.32. The van der Waals surface area contributed by atoms with Crippen molar-refractivity contribution in [2.75, 3.05) is 39.4 Å². The molecule has 172 valence electrons. The summed E-state index contributed by atoms with van der Waals surface area (Å²) in [6.07, 6.45) is 0.795. The van der Waals surface area contributed by atoms with Crippen LogP contribution in [-0.2, 0) is 27.3 Å². The van der Waals surface area contributed by atoms with E-state index >= 15 is 0 Å². The van der Waals surface area contributed by atoms with E-state index in [2.05, 4.69) is 10.2 Å². The molecule has 1 aliphatic rings. The van der Waals surface area contributed by atoms with E-state index in [0.717, 1.165) is 44.0 Å². The van der Waals surface area contributed by atoms with Gasteiger partial charge in [0.1, 0.15) is 6.04 Å². The molecule has 0 radical (unpaired) electrons. The molecule has 0 saturated carbocycles. The summed E-state index contributed by atoms with van der Waals surface area (Å²) in [5.74, 6) is -0.179. The van der Waals surface area contributed by atoms with Gasteiger partial charge in [-0.25, -0.2) is 0 Å². The maximum Gasteiger partial charge on any atom is 0.243 e. The number of carbonyl (C=O) groups excluding carboxylic acids is 2. The van der Waals surface area contributed by atoms with Crippen molar-refractivity contribution < 1.29 is 14.3 Å². The van der Waals surface area contributed by atoms with Gasteiger partial charge in [-0.15, -0.1) is 0 Å². The molecular formula is C25H32ClN3O3. The van der Waals surface area contributed by atoms with Crippen molar-refractivity contribution in [2.24, 2.45) is 0 Å². The summed E-state index contributed by atoms with van der Waals surface area (Å²) in [5.41, 5.74) is 1.96. The van der Waals surface area contributed by atoms with Crippen LogP contribution < -0.4 is 5.32 Å². The first-order valence-corrected chi connectivity index (χ1v) is 11.6. The Balaban J connectivity index is 1.75. The molecule has 0 spiro atoms. The van der Waals surface area contributed by atoms with Crippen LogP contribution in [0.2, 0.25) is 5.02 Å². The van der Waals surface area contributed by atoms with Gasteiger partial charge in [0.2, 0.25) is 11.8 Å². The molecule has 0 aromatic heterocycles. The van der Waals surface area contributed by atoms with Gasteiger partial charge in [-0.2, -0.15) is 0 Å². The lowest BCUT2D eigenvalue weighted by atomic mass is 10.0. The average molecular weight is 458 g/mol. The first-order chi connectivity index (χ1) is 15.6. The standard InChI is InChI=1S/C25H32ClN3O3/c1-2-24(30)29(19-21-8-10-22(26)11-9-21)23(18-20-6-4-3-5-7-20)25(31)27-12-13-28-14-16-32-17-15-28/h3-11,23H,2,12-19H2,1H3,(H,27,31). The zero-order chi connectivity index (χ0) is 22.8. The van der Waals surface area contributed by atoms with Gasteiger partial charge in [0.25, 0.3) is 0 Å². The van der Waals surface area contributed by atoms with Crippen molar-refractivity contribution in [2.45, 2.75) is 32.4 Å². The highest BCUT2D eigenvalue weighted by atomic mass is 35.5. The summed E-state index contributed by atoms with van der Waals surface area (Å²) >= 11 is 6.02. The highest BCUT2D eigenvalue weighted by molar-refractivity contribution is 6.30. The Morgan fingerprint density at radius 3 is 2.41 bits per heavy atom. The number of carbonyl (C=O) groups is 2. The lowest BCUT2D eigenvalue weighted by molar-refractivity contribution is -0.141. The van der Waals surface area contributed by atoms with Crippen LogP contribution in [0, 0.1) is 0 Å². The van der Waals surface area contributed by atoms with Crippen molar-refractivity contribution >= 4 is 23.4 Å². The van der Waals surface area contributed by atoms with Gasteiger partial charge < -0.3 is 15.0 Å². The Kier molecular flexibility index (Phi) is 9.53. The number of hydrogen-bond donors (Lipinski definition) is 1. The van der Waals surface area contributed by atoms with Gasteiger partial charge in [0, 0.05) is 50.6 Å². The molecule has 0 aliphatic carbocycles. The maximum absolute atomic E-state index is 13.3. The van der Waals surface area contributed by atoms with Gasteiger partial charge in [-0.1, -0.05) is 61.0 Å². The Hall–Kier alpha value is -2.41. The van der Waals surface area contributed by atoms with Gasteiger partial charge in [0.05, 0.1) is 13.2 Å². The third kappa shape index (κ3) is 7.33. The quantitative estimate of drug-likeness (QED) is 0.595. The summed E-state index contributed by atoms with van der Waals surface area (Å²) < 4.78 is 5.38. The molecule has 1 unspecified atom stereocenters. The molecule has 1 saturated heterocycles. The molecule has 7 heteroatoms. The first kappa shape index (κ1) is 24.2. The van der Waals surface area contributed by atoms with Crippen LogP contribution in [-0.4, -0.2) is 67.0 Å². The third-order valence-electron chi connectivity index (χ3n) is 5.67. The topological polar surface area (TPSA) is 61.9 Å². The molecule has 2 amide bonds. The summed E-state index contributed by atoms with van der Waals surface area (Å²) in [4.78, 5) is 30.2. The van der Waals surface area contributed by atoms with Crippen LogP contribution >= 0.6 is 11.6 Å². The van der Waals surface area contributed by atoms with Crippen molar-refractivity contribution in [3.05, 3.63) is 70.7 Å². The largest absolute Gasteiger partial charge is 0.379 e. The first-order valence-electron chi connectivity index (χ1n) is 11.2. The van der Waals surface area contributed by atoms with E-state index in [1.165, 1.54) is 0 Å². The minimum Gasteiger partial charge on any atom is -0.379 e. The minimum atomic E-state index is -0.592. The van der Waals surface area contributed by atoms with Gasteiger partial charge in [-0.05, 0) is 23.3 Å². The second kappa shape index (κ2) is 12.6. The van der Waals surface area contributed by atoms with Crippen LogP contribution in [0.5, 0.6) is 0 Å². The number of nitrogens with zero attached hydrogens (tertiary/aromatic N) is 2. The Labute approximate surface area is 195 Å². The monoisotopic (exact) mass is 457 g/mol. The number of rotatable bonds is 10. The predicted octanol–water partition coefficient (Wildman–Crippen LogP) is 3.14. The van der Waals surface area contributed by atoms with Gasteiger partial charge in [0.15, 0.2) is 0 Å². The molecule has 1 N–H and O–H groups in total. The van der Waals surface area contributed by atoms with Gasteiger partial charge in [-0.3, -0.25) is 14.5 Å². The third-order valence-corrected chi connectivity index (χ3v) is 5.92. The van der Waals surface area contributed by atoms with Crippen molar-refractivity contribution in [1.82, 2.24) is 15.1 Å². The maximum atomic E-state index is 13.3. The fourth-order valence-electron chi connectivity index (χ4n) is 3.82. The summed E-state index contributed by atoms with van der Waals surface area (Å²) in [6, 6.07) is 16.6. The molecule has 2 aromatic carbocycles. The summed E-state index contributed by atoms with van der Waals surface area (Å²) in [6.45, 7) is 6.70. The zero-order valence-corrected chi connectivity index (χ0v) is 19.4. The summed E-state index contributed by atoms with van der Waals surface area (Å²) in [7, 11) is 0. The van der Waals surface area contributed by atoms with Crippen LogP contribution in [0.3, 0.4) is 0 Å². The molecule has 2 aromatic rings. The molecular weight excluding hydrogens is 426 g/mol. The average Bonchev–Trinajstić information content (AvgIpc) is 2.83. The number of benzene rings is 2. The Morgan fingerprint density at radius 1 is 1.06 bits per heavy atom. The summed E-state index contributed by atoms with van der Waals surface area (Å²) in [5, 5.41) is 3.71. The fourth-order valence-corrected chi connectivity index (χ4v) is 3.95. The molecule has 1 atom stereocenters. The molecule has 1 aliphatic heterocycles. The number of hydrogen-bond acceptors (Lipinski definition) is 4. The van der Waals surface area contributed by atoms with E-state index in [4.69, 9.17) is 16.3 Å². The highest BCUT2D eigenvalue weighted by Crippen LogP contribution is 2.17. The van der Waals surface area contributed by atoms with Crippen LogP contribution in [0.15, 0.2) is 54.6 Å². The second-order valence-electron chi connectivity index (χ2n) is 7.95. The predicted molar refractivity (Wildman–Crippen MR) is 126 cm³/mol. The number of nitrogens with one attached hydrogen (secondary N) is 1. The Bertz CT molecular complexity index is 854. The highest BCUT2D eigenvalue weighted by Gasteiger charge is 2.29. The molecule has 6 nitrogen and oxygen atoms in total. The van der Waals surface area contributed by atoms with Gasteiger partial charge >= 0.3 is 0 Å². The zero-order valence-electron chi connectivity index (χ0n) is 18.6. The number of amides is 2. The van der Waals surface area contributed by atoms with Crippen LogP contribution in [0.4, 0.5) is 0 Å². The van der Waals surface area contributed by atoms with E-state index in [1.807, 2.05) is 49.4 Å². The van der Waals surface area contributed by atoms with E-state index < -0.39 is 6.04 Å². The molecule has 1 fully saturated rings. The van der Waals surface area contributed by atoms with E-state index in [1.54, 1.807) is 17.0 Å². The normalized spacial score (nSPS) is 15.2. The van der Waals surface area contributed by atoms with E-state index in [9.17, 15) is 9.59 Å². The second-order valence-corrected chi connectivity index (χ2v) is 8.39. The van der Waals surface area contributed by atoms with Crippen LogP contribution in [0.25, 0.3) is 0 Å². The lowest BCUT2D eigenvalue weighted by Crippen LogP contribution is -2.51. The number of morpholine rings is 1. The van der Waals surface area contributed by atoms with Crippen LogP contribution in [0.1, 0.15) is 24.5 Å². The smallest absolute Gasteiger partial charge is 0.243 e. The minimum absolute atomic E-state index is 0.0517. The Morgan fingerprint density at radius 2 is 1.75 bits per heavy atom. The van der Waals surface area contributed by atoms with Crippen molar-refractivity contribution in [3.8, 4) is 0 Å². The van der Waals surface area contributed by atoms with Crippen molar-refractivity contribution in [1.29, 1.82) is 0 Å². The van der Waals surface area contributed by atoms with E-state index in [-0.39, 0.29) is 11.8 Å². The molecule has 1 heterocycles. The molecule has 0 bridgehead atoms. The molecule has 32 heavy (non-hydrogen) atoms. The number of ether oxygens (including phenoxy) is 1. The number of halogens is 1. The SMILES string of the molecule is CCC(=O)N(Cc1ccc(Cl)cc1)C(Cc1ccccc1)C(=O)NCCN1CCOCC1. The fraction of sp³-hybridized carbons (Fsp3) is 0.440.